The van der Waals surface area contributed by atoms with Gasteiger partial charge in [0, 0.05) is 29.5 Å². The van der Waals surface area contributed by atoms with E-state index in [1.807, 2.05) is 6.07 Å². The van der Waals surface area contributed by atoms with E-state index in [2.05, 4.69) is 19.2 Å². The first-order chi connectivity index (χ1) is 10.00. The zero-order chi connectivity index (χ0) is 15.0. The lowest BCUT2D eigenvalue weighted by molar-refractivity contribution is -0.193. The van der Waals surface area contributed by atoms with Crippen molar-refractivity contribution in [3.05, 3.63) is 29.8 Å². The van der Waals surface area contributed by atoms with Gasteiger partial charge in [0.25, 0.3) is 0 Å². The fourth-order valence-corrected chi connectivity index (χ4v) is 3.87. The number of para-hydroxylation sites is 1. The number of rotatable bonds is 3. The average molecular weight is 289 g/mol. The molecule has 1 saturated heterocycles. The zero-order valence-corrected chi connectivity index (χ0v) is 12.6. The summed E-state index contributed by atoms with van der Waals surface area (Å²) < 4.78 is 5.85. The van der Waals surface area contributed by atoms with E-state index in [-0.39, 0.29) is 35.6 Å². The van der Waals surface area contributed by atoms with Gasteiger partial charge in [-0.25, -0.2) is 0 Å². The molecule has 21 heavy (non-hydrogen) atoms. The summed E-state index contributed by atoms with van der Waals surface area (Å²) in [6, 6.07) is 7.16. The van der Waals surface area contributed by atoms with Crippen LogP contribution in [-0.2, 0) is 16.0 Å². The highest BCUT2D eigenvalue weighted by molar-refractivity contribution is 5.79. The maximum Gasteiger partial charge on any atom is 0.224 e. The lowest BCUT2D eigenvalue weighted by Crippen LogP contribution is -2.70. The van der Waals surface area contributed by atoms with Gasteiger partial charge in [0.1, 0.15) is 5.75 Å². The summed E-state index contributed by atoms with van der Waals surface area (Å²) in [7, 11) is 0. The van der Waals surface area contributed by atoms with Crippen molar-refractivity contribution in [2.45, 2.75) is 45.3 Å². The first-order valence-electron chi connectivity index (χ1n) is 7.68. The molecule has 2 fully saturated rings. The summed E-state index contributed by atoms with van der Waals surface area (Å²) >= 11 is 0. The van der Waals surface area contributed by atoms with Gasteiger partial charge in [0.05, 0.1) is 12.5 Å². The van der Waals surface area contributed by atoms with E-state index in [1.165, 1.54) is 0 Å². The van der Waals surface area contributed by atoms with E-state index in [0.29, 0.717) is 11.5 Å². The van der Waals surface area contributed by atoms with Gasteiger partial charge in [-0.2, -0.15) is 0 Å². The van der Waals surface area contributed by atoms with Crippen molar-refractivity contribution >= 4 is 5.91 Å². The van der Waals surface area contributed by atoms with Crippen LogP contribution in [-0.4, -0.2) is 29.8 Å². The first kappa shape index (κ1) is 14.4. The summed E-state index contributed by atoms with van der Waals surface area (Å²) in [6.07, 6.45) is 2.68. The SMILES string of the molecule is CC1(C)[C@H](NC(=O)Cc2ccccc2O)[C@H]2CCCO[C@@H]21. The number of hydrogen-bond donors (Lipinski definition) is 2. The quantitative estimate of drug-likeness (QED) is 0.897. The molecule has 1 aromatic rings. The van der Waals surface area contributed by atoms with Crippen LogP contribution in [0.1, 0.15) is 32.3 Å². The van der Waals surface area contributed by atoms with Crippen LogP contribution in [0.3, 0.4) is 0 Å². The average Bonchev–Trinajstić information content (AvgIpc) is 2.47. The number of carbonyl (C=O) groups excluding carboxylic acids is 1. The number of amides is 1. The van der Waals surface area contributed by atoms with Gasteiger partial charge in [-0.05, 0) is 18.9 Å². The minimum atomic E-state index is -0.0291. The second kappa shape index (κ2) is 5.34. The third-order valence-electron chi connectivity index (χ3n) is 4.99. The monoisotopic (exact) mass is 289 g/mol. The van der Waals surface area contributed by atoms with Crippen LogP contribution in [0.4, 0.5) is 0 Å². The number of nitrogens with one attached hydrogen (secondary N) is 1. The molecule has 0 spiro atoms. The van der Waals surface area contributed by atoms with Crippen LogP contribution < -0.4 is 5.32 Å². The molecule has 114 valence electrons. The predicted molar refractivity (Wildman–Crippen MR) is 80.0 cm³/mol. The Bertz CT molecular complexity index is 541. The van der Waals surface area contributed by atoms with Gasteiger partial charge in [-0.15, -0.1) is 0 Å². The van der Waals surface area contributed by atoms with Crippen molar-refractivity contribution in [2.75, 3.05) is 6.61 Å². The van der Waals surface area contributed by atoms with Crippen LogP contribution in [0, 0.1) is 11.3 Å². The van der Waals surface area contributed by atoms with Crippen molar-refractivity contribution in [1.82, 2.24) is 5.32 Å². The molecular weight excluding hydrogens is 266 g/mol. The molecule has 1 saturated carbocycles. The molecule has 4 heteroatoms. The third-order valence-corrected chi connectivity index (χ3v) is 4.99. The standard InChI is InChI=1S/C17H23NO3/c1-17(2)15(12-7-5-9-21-16(12)17)18-14(20)10-11-6-3-4-8-13(11)19/h3-4,6,8,12,15-16,19H,5,7,9-10H2,1-2H3,(H,18,20)/t12-,15-,16+/m1/s1. The Labute approximate surface area is 125 Å². The highest BCUT2D eigenvalue weighted by atomic mass is 16.5. The lowest BCUT2D eigenvalue weighted by Gasteiger charge is -2.59. The number of ether oxygens (including phenoxy) is 1. The van der Waals surface area contributed by atoms with Crippen molar-refractivity contribution < 1.29 is 14.6 Å². The molecule has 1 heterocycles. The van der Waals surface area contributed by atoms with Crippen LogP contribution in [0.25, 0.3) is 0 Å². The Kier molecular flexibility index (Phi) is 3.66. The van der Waals surface area contributed by atoms with Gasteiger partial charge >= 0.3 is 0 Å². The van der Waals surface area contributed by atoms with Crippen molar-refractivity contribution in [2.24, 2.45) is 11.3 Å². The Morgan fingerprint density at radius 1 is 1.43 bits per heavy atom. The summed E-state index contributed by atoms with van der Waals surface area (Å²) in [5, 5.41) is 12.9. The van der Waals surface area contributed by atoms with Gasteiger partial charge in [-0.1, -0.05) is 32.0 Å². The number of aromatic hydroxyl groups is 1. The van der Waals surface area contributed by atoms with Crippen LogP contribution in [0.5, 0.6) is 5.75 Å². The van der Waals surface area contributed by atoms with Crippen molar-refractivity contribution in [3.8, 4) is 5.75 Å². The Balaban J connectivity index is 1.64. The lowest BCUT2D eigenvalue weighted by atomic mass is 9.55. The molecule has 3 atom stereocenters. The molecule has 3 rings (SSSR count). The van der Waals surface area contributed by atoms with Crippen LogP contribution in [0.15, 0.2) is 24.3 Å². The minimum Gasteiger partial charge on any atom is -0.508 e. The second-order valence-corrected chi connectivity index (χ2v) is 6.77. The van der Waals surface area contributed by atoms with Gasteiger partial charge in [0.2, 0.25) is 5.91 Å². The Morgan fingerprint density at radius 2 is 2.19 bits per heavy atom. The molecule has 0 radical (unpaired) electrons. The number of carbonyl (C=O) groups is 1. The fourth-order valence-electron chi connectivity index (χ4n) is 3.87. The molecule has 0 bridgehead atoms. The predicted octanol–water partition coefficient (Wildman–Crippen LogP) is 2.25. The maximum absolute atomic E-state index is 12.3. The summed E-state index contributed by atoms with van der Waals surface area (Å²) in [5.41, 5.74) is 0.656. The molecule has 1 aromatic carbocycles. The van der Waals surface area contributed by atoms with E-state index in [1.54, 1.807) is 18.2 Å². The molecule has 0 unspecified atom stereocenters. The molecular formula is C17H23NO3. The molecule has 1 aliphatic heterocycles. The molecule has 4 nitrogen and oxygen atoms in total. The molecule has 1 aliphatic carbocycles. The maximum atomic E-state index is 12.3. The van der Waals surface area contributed by atoms with Crippen LogP contribution in [0.2, 0.25) is 0 Å². The van der Waals surface area contributed by atoms with E-state index in [0.717, 1.165) is 19.4 Å². The highest BCUT2D eigenvalue weighted by Crippen LogP contribution is 2.51. The molecule has 1 amide bonds. The van der Waals surface area contributed by atoms with Crippen molar-refractivity contribution in [3.63, 3.8) is 0 Å². The van der Waals surface area contributed by atoms with E-state index in [4.69, 9.17) is 4.74 Å². The third kappa shape index (κ3) is 2.53. The fraction of sp³-hybridized carbons (Fsp3) is 0.588. The molecule has 2 N–H and O–H groups in total. The van der Waals surface area contributed by atoms with E-state index in [9.17, 15) is 9.90 Å². The smallest absolute Gasteiger partial charge is 0.224 e. The number of phenolic OH excluding ortho intramolecular Hbond substituents is 1. The Hall–Kier alpha value is -1.55. The highest BCUT2D eigenvalue weighted by Gasteiger charge is 2.58. The largest absolute Gasteiger partial charge is 0.508 e. The zero-order valence-electron chi connectivity index (χ0n) is 12.6. The van der Waals surface area contributed by atoms with Crippen LogP contribution >= 0.6 is 0 Å². The van der Waals surface area contributed by atoms with Gasteiger partial charge in [-0.3, -0.25) is 4.79 Å². The van der Waals surface area contributed by atoms with Gasteiger partial charge in [0.15, 0.2) is 0 Å². The molecule has 0 aromatic heterocycles. The number of fused-ring (bicyclic) bond motifs is 1. The van der Waals surface area contributed by atoms with E-state index >= 15 is 0 Å². The molecule has 2 aliphatic rings. The topological polar surface area (TPSA) is 58.6 Å². The summed E-state index contributed by atoms with van der Waals surface area (Å²) in [6.45, 7) is 5.15. The Morgan fingerprint density at radius 3 is 2.95 bits per heavy atom. The normalized spacial score (nSPS) is 30.1. The summed E-state index contributed by atoms with van der Waals surface area (Å²) in [4.78, 5) is 12.3. The minimum absolute atomic E-state index is 0.0144. The summed E-state index contributed by atoms with van der Waals surface area (Å²) in [5.74, 6) is 0.583. The number of benzene rings is 1. The van der Waals surface area contributed by atoms with E-state index < -0.39 is 0 Å². The number of hydrogen-bond acceptors (Lipinski definition) is 3. The number of phenols is 1. The van der Waals surface area contributed by atoms with Crippen molar-refractivity contribution in [1.29, 1.82) is 0 Å². The first-order valence-corrected chi connectivity index (χ1v) is 7.68. The second-order valence-electron chi connectivity index (χ2n) is 6.77. The van der Waals surface area contributed by atoms with Gasteiger partial charge < -0.3 is 15.2 Å².